The number of anilines is 2. The van der Waals surface area contributed by atoms with Crippen LogP contribution in [0.15, 0.2) is 48.7 Å². The van der Waals surface area contributed by atoms with E-state index in [2.05, 4.69) is 11.9 Å². The summed E-state index contributed by atoms with van der Waals surface area (Å²) in [6.45, 7) is 5.57. The molecule has 1 aliphatic rings. The molecule has 2 amide bonds. The maximum absolute atomic E-state index is 11.5. The Morgan fingerprint density at radius 1 is 1.24 bits per heavy atom. The predicted octanol–water partition coefficient (Wildman–Crippen LogP) is 2.06. The lowest BCUT2D eigenvalue weighted by Crippen LogP contribution is -2.29. The van der Waals surface area contributed by atoms with E-state index in [1.807, 2.05) is 13.0 Å². The van der Waals surface area contributed by atoms with Gasteiger partial charge in [-0.1, -0.05) is 12.6 Å². The molecule has 0 spiro atoms. The normalized spacial score (nSPS) is 14.3. The van der Waals surface area contributed by atoms with Crippen molar-refractivity contribution in [2.75, 3.05) is 10.2 Å². The molecule has 0 aliphatic carbocycles. The van der Waals surface area contributed by atoms with E-state index in [1.165, 1.54) is 12.2 Å². The zero-order valence-electron chi connectivity index (χ0n) is 9.43. The molecule has 17 heavy (non-hydrogen) atoms. The largest absolute Gasteiger partial charge is 0.360 e. The number of hydrogen-bond acceptors (Lipinski definition) is 3. The van der Waals surface area contributed by atoms with Crippen molar-refractivity contribution in [3.05, 3.63) is 48.7 Å². The van der Waals surface area contributed by atoms with Crippen molar-refractivity contribution in [2.24, 2.45) is 0 Å². The molecule has 4 nitrogen and oxygen atoms in total. The summed E-state index contributed by atoms with van der Waals surface area (Å²) < 4.78 is 0. The Morgan fingerprint density at radius 2 is 1.88 bits per heavy atom. The number of carbonyl (C=O) groups excluding carboxylic acids is 2. The molecule has 0 atom stereocenters. The van der Waals surface area contributed by atoms with Gasteiger partial charge in [-0.25, -0.2) is 4.90 Å². The van der Waals surface area contributed by atoms with Crippen LogP contribution in [0.4, 0.5) is 11.4 Å². The molecular weight excluding hydrogens is 216 g/mol. The number of hydrogen-bond donors (Lipinski definition) is 1. The van der Waals surface area contributed by atoms with Gasteiger partial charge in [0.25, 0.3) is 11.8 Å². The Kier molecular flexibility index (Phi) is 2.78. The topological polar surface area (TPSA) is 49.4 Å². The summed E-state index contributed by atoms with van der Waals surface area (Å²) >= 11 is 0. The molecule has 1 aliphatic heterocycles. The van der Waals surface area contributed by atoms with Gasteiger partial charge in [-0.2, -0.15) is 0 Å². The molecule has 1 heterocycles. The molecule has 0 unspecified atom stereocenters. The van der Waals surface area contributed by atoms with Crippen molar-refractivity contribution in [1.29, 1.82) is 0 Å². The van der Waals surface area contributed by atoms with E-state index in [0.717, 1.165) is 16.3 Å². The van der Waals surface area contributed by atoms with Gasteiger partial charge >= 0.3 is 0 Å². The van der Waals surface area contributed by atoms with Gasteiger partial charge in [0.15, 0.2) is 0 Å². The lowest BCUT2D eigenvalue weighted by atomic mass is 10.2. The minimum absolute atomic E-state index is 0.317. The smallest absolute Gasteiger partial charge is 0.258 e. The average Bonchev–Trinajstić information content (AvgIpc) is 2.58. The number of amides is 2. The zero-order chi connectivity index (χ0) is 12.4. The second-order valence-corrected chi connectivity index (χ2v) is 3.80. The van der Waals surface area contributed by atoms with E-state index in [9.17, 15) is 9.59 Å². The lowest BCUT2D eigenvalue weighted by molar-refractivity contribution is -0.119. The molecule has 0 fully saturated rings. The first-order valence-electron chi connectivity index (χ1n) is 5.16. The minimum Gasteiger partial charge on any atom is -0.360 e. The highest BCUT2D eigenvalue weighted by Crippen LogP contribution is 2.23. The molecule has 2 rings (SSSR count). The van der Waals surface area contributed by atoms with Crippen LogP contribution in [0.5, 0.6) is 0 Å². The molecule has 0 radical (unpaired) electrons. The average molecular weight is 228 g/mol. The second kappa shape index (κ2) is 4.25. The van der Waals surface area contributed by atoms with Crippen LogP contribution in [0, 0.1) is 0 Å². The number of carbonyl (C=O) groups is 2. The van der Waals surface area contributed by atoms with Crippen molar-refractivity contribution in [1.82, 2.24) is 0 Å². The Hall–Kier alpha value is -2.36. The summed E-state index contributed by atoms with van der Waals surface area (Å²) in [6.07, 6.45) is 2.53. The first-order chi connectivity index (χ1) is 8.08. The lowest BCUT2D eigenvalue weighted by Gasteiger charge is -2.15. The van der Waals surface area contributed by atoms with Crippen molar-refractivity contribution in [3.63, 3.8) is 0 Å². The van der Waals surface area contributed by atoms with Crippen LogP contribution in [0.1, 0.15) is 6.92 Å². The van der Waals surface area contributed by atoms with Gasteiger partial charge in [0, 0.05) is 23.5 Å². The Labute approximate surface area is 99.2 Å². The fourth-order valence-corrected chi connectivity index (χ4v) is 1.62. The summed E-state index contributed by atoms with van der Waals surface area (Å²) in [5.41, 5.74) is 2.14. The second-order valence-electron chi connectivity index (χ2n) is 3.80. The number of benzene rings is 1. The molecule has 1 N–H and O–H groups in total. The maximum Gasteiger partial charge on any atom is 0.258 e. The molecule has 0 bridgehead atoms. The number of nitrogens with one attached hydrogen (secondary N) is 1. The van der Waals surface area contributed by atoms with E-state index < -0.39 is 0 Å². The standard InChI is InChI=1S/C13H12N2O2/c1-9(2)14-10-4-3-5-11(8-10)15-12(16)6-7-13(15)17/h3-8,14H,1H2,2H3. The van der Waals surface area contributed by atoms with E-state index in [-0.39, 0.29) is 11.8 Å². The molecule has 86 valence electrons. The van der Waals surface area contributed by atoms with Crippen LogP contribution in [-0.2, 0) is 9.59 Å². The van der Waals surface area contributed by atoms with Gasteiger partial charge in [0.2, 0.25) is 0 Å². The van der Waals surface area contributed by atoms with Gasteiger partial charge in [-0.15, -0.1) is 0 Å². The van der Waals surface area contributed by atoms with Crippen LogP contribution in [0.2, 0.25) is 0 Å². The molecule has 1 aromatic rings. The first kappa shape index (κ1) is 11.1. The van der Waals surface area contributed by atoms with Crippen LogP contribution in [0.25, 0.3) is 0 Å². The van der Waals surface area contributed by atoms with Gasteiger partial charge in [0.05, 0.1) is 5.69 Å². The van der Waals surface area contributed by atoms with Gasteiger partial charge in [-0.05, 0) is 25.1 Å². The Balaban J connectivity index is 2.30. The number of rotatable bonds is 3. The predicted molar refractivity (Wildman–Crippen MR) is 66.5 cm³/mol. The van der Waals surface area contributed by atoms with E-state index >= 15 is 0 Å². The third-order valence-electron chi connectivity index (χ3n) is 2.27. The van der Waals surface area contributed by atoms with E-state index in [0.29, 0.717) is 5.69 Å². The maximum atomic E-state index is 11.5. The van der Waals surface area contributed by atoms with Crippen LogP contribution in [-0.4, -0.2) is 11.8 Å². The van der Waals surface area contributed by atoms with Crippen LogP contribution in [0.3, 0.4) is 0 Å². The van der Waals surface area contributed by atoms with Gasteiger partial charge in [-0.3, -0.25) is 9.59 Å². The third-order valence-corrected chi connectivity index (χ3v) is 2.27. The van der Waals surface area contributed by atoms with Crippen molar-refractivity contribution >= 4 is 23.2 Å². The Bertz CT molecular complexity index is 514. The first-order valence-corrected chi connectivity index (χ1v) is 5.16. The van der Waals surface area contributed by atoms with Crippen LogP contribution >= 0.6 is 0 Å². The molecule has 1 aromatic carbocycles. The van der Waals surface area contributed by atoms with Gasteiger partial charge in [0.1, 0.15) is 0 Å². The molecule has 4 heteroatoms. The highest BCUT2D eigenvalue weighted by atomic mass is 16.2. The quantitative estimate of drug-likeness (QED) is 0.805. The number of allylic oxidation sites excluding steroid dienone is 1. The summed E-state index contributed by atoms with van der Waals surface area (Å²) in [7, 11) is 0. The summed E-state index contributed by atoms with van der Waals surface area (Å²) in [5, 5.41) is 3.03. The fourth-order valence-electron chi connectivity index (χ4n) is 1.62. The molecule has 0 aromatic heterocycles. The SMILES string of the molecule is C=C(C)Nc1cccc(N2C(=O)C=CC2=O)c1. The van der Waals surface area contributed by atoms with Gasteiger partial charge < -0.3 is 5.32 Å². The number of imide groups is 1. The fraction of sp³-hybridized carbons (Fsp3) is 0.0769. The minimum atomic E-state index is -0.317. The summed E-state index contributed by atoms with van der Waals surface area (Å²) in [6, 6.07) is 7.07. The number of nitrogens with zero attached hydrogens (tertiary/aromatic N) is 1. The zero-order valence-corrected chi connectivity index (χ0v) is 9.43. The Morgan fingerprint density at radius 3 is 2.47 bits per heavy atom. The van der Waals surface area contributed by atoms with E-state index in [4.69, 9.17) is 0 Å². The van der Waals surface area contributed by atoms with Crippen molar-refractivity contribution < 1.29 is 9.59 Å². The third kappa shape index (κ3) is 2.25. The van der Waals surface area contributed by atoms with Crippen molar-refractivity contribution in [2.45, 2.75) is 6.92 Å². The summed E-state index contributed by atoms with van der Waals surface area (Å²) in [4.78, 5) is 24.1. The molecule has 0 saturated heterocycles. The molecular formula is C13H12N2O2. The van der Waals surface area contributed by atoms with Crippen molar-refractivity contribution in [3.8, 4) is 0 Å². The highest BCUT2D eigenvalue weighted by Gasteiger charge is 2.24. The monoisotopic (exact) mass is 228 g/mol. The van der Waals surface area contributed by atoms with E-state index in [1.54, 1.807) is 18.2 Å². The summed E-state index contributed by atoms with van der Waals surface area (Å²) in [5.74, 6) is -0.634. The highest BCUT2D eigenvalue weighted by molar-refractivity contribution is 6.28. The van der Waals surface area contributed by atoms with Crippen LogP contribution < -0.4 is 10.2 Å². The molecule has 0 saturated carbocycles.